The van der Waals surface area contributed by atoms with Gasteiger partial charge in [0, 0.05) is 15.4 Å². The molecule has 2 aromatic rings. The fraction of sp³-hybridized carbons (Fsp3) is 0.188. The van der Waals surface area contributed by atoms with Crippen LogP contribution >= 0.6 is 43.2 Å². The predicted octanol–water partition coefficient (Wildman–Crippen LogP) is 4.42. The second-order valence-electron chi connectivity index (χ2n) is 4.73. The van der Waals surface area contributed by atoms with E-state index in [1.807, 2.05) is 0 Å². The van der Waals surface area contributed by atoms with Crippen molar-refractivity contribution in [1.82, 2.24) is 0 Å². The summed E-state index contributed by atoms with van der Waals surface area (Å²) >= 11 is 7.97. The number of anilines is 1. The quantitative estimate of drug-likeness (QED) is 0.476. The molecule has 0 saturated heterocycles. The van der Waals surface area contributed by atoms with Crippen LogP contribution in [0.25, 0.3) is 0 Å². The molecule has 8 heteroatoms. The van der Waals surface area contributed by atoms with Crippen LogP contribution in [-0.2, 0) is 14.3 Å². The Labute approximate surface area is 159 Å². The molecule has 1 aromatic carbocycles. The van der Waals surface area contributed by atoms with Gasteiger partial charge in [0.15, 0.2) is 12.4 Å². The van der Waals surface area contributed by atoms with Gasteiger partial charge in [-0.05, 0) is 45.6 Å². The number of ether oxygens (including phenoxy) is 1. The van der Waals surface area contributed by atoms with Crippen molar-refractivity contribution >= 4 is 66.5 Å². The number of esters is 1. The summed E-state index contributed by atoms with van der Waals surface area (Å²) in [6, 6.07) is 8.77. The molecule has 0 unspecified atom stereocenters. The first kappa shape index (κ1) is 18.8. The molecule has 0 spiro atoms. The summed E-state index contributed by atoms with van der Waals surface area (Å²) in [7, 11) is 0. The fourth-order valence-corrected chi connectivity index (χ4v) is 3.61. The highest BCUT2D eigenvalue weighted by Gasteiger charge is 2.13. The molecular weight excluding hydrogens is 462 g/mol. The van der Waals surface area contributed by atoms with Crippen molar-refractivity contribution in [2.45, 2.75) is 12.8 Å². The Kier molecular flexibility index (Phi) is 7.14. The highest BCUT2D eigenvalue weighted by atomic mass is 79.9. The molecule has 0 aliphatic heterocycles. The molecule has 126 valence electrons. The summed E-state index contributed by atoms with van der Waals surface area (Å²) < 4.78 is 6.46. The second kappa shape index (κ2) is 9.10. The molecular formula is C16H13Br2NO4S. The summed E-state index contributed by atoms with van der Waals surface area (Å²) in [6.45, 7) is -0.394. The van der Waals surface area contributed by atoms with Crippen LogP contribution in [0.5, 0.6) is 0 Å². The molecule has 0 atom stereocenters. The van der Waals surface area contributed by atoms with Crippen LogP contribution < -0.4 is 5.32 Å². The summed E-state index contributed by atoms with van der Waals surface area (Å²) in [5.74, 6) is -1.13. The van der Waals surface area contributed by atoms with Gasteiger partial charge in [0.05, 0.1) is 17.0 Å². The zero-order valence-electron chi connectivity index (χ0n) is 12.4. The molecule has 0 fully saturated rings. The van der Waals surface area contributed by atoms with Crippen LogP contribution in [-0.4, -0.2) is 24.3 Å². The third-order valence-electron chi connectivity index (χ3n) is 2.92. The Morgan fingerprint density at radius 3 is 2.58 bits per heavy atom. The van der Waals surface area contributed by atoms with Gasteiger partial charge in [0.1, 0.15) is 0 Å². The van der Waals surface area contributed by atoms with Gasteiger partial charge >= 0.3 is 5.97 Å². The number of hydrogen-bond acceptors (Lipinski definition) is 5. The van der Waals surface area contributed by atoms with Gasteiger partial charge < -0.3 is 10.1 Å². The van der Waals surface area contributed by atoms with Crippen LogP contribution in [0.15, 0.2) is 44.7 Å². The second-order valence-corrected chi connectivity index (χ2v) is 7.45. The normalized spacial score (nSPS) is 10.2. The van der Waals surface area contributed by atoms with E-state index in [0.717, 1.165) is 4.47 Å². The molecule has 5 nitrogen and oxygen atoms in total. The van der Waals surface area contributed by atoms with E-state index in [-0.39, 0.29) is 18.6 Å². The highest BCUT2D eigenvalue weighted by molar-refractivity contribution is 9.11. The van der Waals surface area contributed by atoms with E-state index < -0.39 is 18.5 Å². The van der Waals surface area contributed by atoms with E-state index in [0.29, 0.717) is 15.0 Å². The van der Waals surface area contributed by atoms with E-state index in [4.69, 9.17) is 4.74 Å². The molecule has 1 N–H and O–H groups in total. The van der Waals surface area contributed by atoms with Crippen molar-refractivity contribution in [2.24, 2.45) is 0 Å². The predicted molar refractivity (Wildman–Crippen MR) is 99.3 cm³/mol. The van der Waals surface area contributed by atoms with E-state index in [2.05, 4.69) is 37.2 Å². The Balaban J connectivity index is 1.73. The Morgan fingerprint density at radius 2 is 1.92 bits per heavy atom. The molecule has 1 amide bonds. The average molecular weight is 475 g/mol. The topological polar surface area (TPSA) is 72.5 Å². The summed E-state index contributed by atoms with van der Waals surface area (Å²) in [6.07, 6.45) is 0.0191. The number of hydrogen-bond donors (Lipinski definition) is 1. The number of Topliss-reactive ketones (excluding diaryl/α,β-unsaturated/α-hetero) is 1. The maximum atomic E-state index is 11.8. The molecule has 1 aromatic heterocycles. The largest absolute Gasteiger partial charge is 0.456 e. The first-order chi connectivity index (χ1) is 11.5. The van der Waals surface area contributed by atoms with Gasteiger partial charge in [-0.25, -0.2) is 0 Å². The standard InChI is InChI=1S/C16H13Br2NO4S/c17-10-3-4-12(11(18)8-10)19-15(21)9-23-16(22)6-5-13(20)14-2-1-7-24-14/h1-4,7-8H,5-6,9H2,(H,19,21). The van der Waals surface area contributed by atoms with Crippen LogP contribution in [0.1, 0.15) is 22.5 Å². The molecule has 0 radical (unpaired) electrons. The zero-order chi connectivity index (χ0) is 17.5. The van der Waals surface area contributed by atoms with E-state index in [1.165, 1.54) is 11.3 Å². The van der Waals surface area contributed by atoms with Gasteiger partial charge in [-0.1, -0.05) is 22.0 Å². The zero-order valence-corrected chi connectivity index (χ0v) is 16.4. The number of carbonyl (C=O) groups excluding carboxylic acids is 3. The third-order valence-corrected chi connectivity index (χ3v) is 4.98. The number of ketones is 1. The number of amides is 1. The number of carbonyl (C=O) groups is 3. The Hall–Kier alpha value is -1.51. The molecule has 0 aliphatic rings. The minimum Gasteiger partial charge on any atom is -0.456 e. The average Bonchev–Trinajstić information content (AvgIpc) is 3.08. The lowest BCUT2D eigenvalue weighted by Gasteiger charge is -2.08. The SMILES string of the molecule is O=C(COC(=O)CCC(=O)c1cccs1)Nc1ccc(Br)cc1Br. The lowest BCUT2D eigenvalue weighted by atomic mass is 10.2. The molecule has 2 rings (SSSR count). The Bertz CT molecular complexity index is 747. The van der Waals surface area contributed by atoms with Crippen LogP contribution in [0.2, 0.25) is 0 Å². The van der Waals surface area contributed by atoms with Crippen LogP contribution in [0.4, 0.5) is 5.69 Å². The lowest BCUT2D eigenvalue weighted by molar-refractivity contribution is -0.147. The smallest absolute Gasteiger partial charge is 0.306 e. The van der Waals surface area contributed by atoms with Crippen molar-refractivity contribution in [3.8, 4) is 0 Å². The monoisotopic (exact) mass is 473 g/mol. The fourth-order valence-electron chi connectivity index (χ4n) is 1.77. The van der Waals surface area contributed by atoms with Crippen LogP contribution in [0.3, 0.4) is 0 Å². The van der Waals surface area contributed by atoms with Crippen molar-refractivity contribution in [3.63, 3.8) is 0 Å². The summed E-state index contributed by atoms with van der Waals surface area (Å²) in [5.41, 5.74) is 0.576. The van der Waals surface area contributed by atoms with Crippen molar-refractivity contribution in [1.29, 1.82) is 0 Å². The molecule has 0 saturated carbocycles. The van der Waals surface area contributed by atoms with E-state index in [1.54, 1.807) is 35.7 Å². The van der Waals surface area contributed by atoms with E-state index in [9.17, 15) is 14.4 Å². The van der Waals surface area contributed by atoms with Crippen molar-refractivity contribution < 1.29 is 19.1 Å². The minimum atomic E-state index is -0.579. The molecule has 1 heterocycles. The summed E-state index contributed by atoms with van der Waals surface area (Å²) in [5, 5.41) is 4.43. The minimum absolute atomic E-state index is 0.0496. The summed E-state index contributed by atoms with van der Waals surface area (Å²) in [4.78, 5) is 35.8. The van der Waals surface area contributed by atoms with Gasteiger partial charge in [0.2, 0.25) is 0 Å². The number of nitrogens with one attached hydrogen (secondary N) is 1. The van der Waals surface area contributed by atoms with Crippen molar-refractivity contribution in [2.75, 3.05) is 11.9 Å². The Morgan fingerprint density at radius 1 is 1.12 bits per heavy atom. The first-order valence-corrected chi connectivity index (χ1v) is 9.39. The maximum Gasteiger partial charge on any atom is 0.306 e. The van der Waals surface area contributed by atoms with Gasteiger partial charge in [-0.3, -0.25) is 14.4 Å². The van der Waals surface area contributed by atoms with Crippen molar-refractivity contribution in [3.05, 3.63) is 49.5 Å². The molecule has 0 bridgehead atoms. The molecule has 24 heavy (non-hydrogen) atoms. The van der Waals surface area contributed by atoms with Gasteiger partial charge in [-0.2, -0.15) is 0 Å². The lowest BCUT2D eigenvalue weighted by Crippen LogP contribution is -2.21. The number of halogens is 2. The first-order valence-electron chi connectivity index (χ1n) is 6.93. The highest BCUT2D eigenvalue weighted by Crippen LogP contribution is 2.26. The van der Waals surface area contributed by atoms with Crippen LogP contribution in [0, 0.1) is 0 Å². The van der Waals surface area contributed by atoms with E-state index >= 15 is 0 Å². The number of rotatable bonds is 7. The maximum absolute atomic E-state index is 11.8. The number of thiophene rings is 1. The molecule has 0 aliphatic carbocycles. The van der Waals surface area contributed by atoms with Gasteiger partial charge in [0.25, 0.3) is 5.91 Å². The number of benzene rings is 1. The third kappa shape index (κ3) is 5.85. The van der Waals surface area contributed by atoms with Gasteiger partial charge in [-0.15, -0.1) is 11.3 Å².